The molecule has 0 spiro atoms. The molecule has 0 unspecified atom stereocenters. The van der Waals surface area contributed by atoms with Gasteiger partial charge < -0.3 is 9.88 Å². The number of aromatic nitrogens is 4. The van der Waals surface area contributed by atoms with E-state index >= 15 is 0 Å². The third kappa shape index (κ3) is 2.78. The lowest BCUT2D eigenvalue weighted by atomic mass is 10.1. The largest absolute Gasteiger partial charge is 0.332 e. The van der Waals surface area contributed by atoms with Crippen molar-refractivity contribution in [3.63, 3.8) is 0 Å². The van der Waals surface area contributed by atoms with Crippen LogP contribution in [0.1, 0.15) is 18.5 Å². The van der Waals surface area contributed by atoms with Crippen LogP contribution in [0.2, 0.25) is 0 Å². The van der Waals surface area contributed by atoms with Crippen LogP contribution in [0.25, 0.3) is 11.2 Å². The molecule has 0 radical (unpaired) electrons. The lowest BCUT2D eigenvalue weighted by Crippen LogP contribution is -2.41. The quantitative estimate of drug-likeness (QED) is 0.752. The van der Waals surface area contributed by atoms with Crippen molar-refractivity contribution in [1.82, 2.24) is 24.0 Å². The number of hydrogen-bond acceptors (Lipinski definition) is 4. The van der Waals surface area contributed by atoms with Crippen molar-refractivity contribution in [2.45, 2.75) is 19.5 Å². The van der Waals surface area contributed by atoms with Crippen LogP contribution in [0.3, 0.4) is 0 Å². The van der Waals surface area contributed by atoms with Crippen molar-refractivity contribution in [2.24, 2.45) is 14.1 Å². The molecule has 24 heavy (non-hydrogen) atoms. The monoisotopic (exact) mass is 327 g/mol. The molecule has 2 heterocycles. The minimum absolute atomic E-state index is 0.145. The van der Waals surface area contributed by atoms with Crippen LogP contribution in [-0.4, -0.2) is 25.2 Å². The lowest BCUT2D eigenvalue weighted by Gasteiger charge is -2.15. The molecule has 0 bridgehead atoms. The van der Waals surface area contributed by atoms with Crippen LogP contribution in [0, 0.1) is 0 Å². The second-order valence-corrected chi connectivity index (χ2v) is 5.91. The maximum Gasteiger partial charge on any atom is 0.332 e. The summed E-state index contributed by atoms with van der Waals surface area (Å²) in [5, 5.41) is 3.35. The Morgan fingerprint density at radius 2 is 1.88 bits per heavy atom. The van der Waals surface area contributed by atoms with E-state index in [9.17, 15) is 9.59 Å². The molecule has 7 nitrogen and oxygen atoms in total. The minimum atomic E-state index is -0.347. The third-order valence-electron chi connectivity index (χ3n) is 4.29. The van der Waals surface area contributed by atoms with Crippen molar-refractivity contribution in [2.75, 3.05) is 6.54 Å². The summed E-state index contributed by atoms with van der Waals surface area (Å²) in [4.78, 5) is 29.1. The van der Waals surface area contributed by atoms with E-state index in [1.807, 2.05) is 30.3 Å². The highest BCUT2D eigenvalue weighted by molar-refractivity contribution is 5.69. The van der Waals surface area contributed by atoms with Crippen LogP contribution in [0.5, 0.6) is 0 Å². The summed E-state index contributed by atoms with van der Waals surface area (Å²) in [5.74, 6) is 0. The van der Waals surface area contributed by atoms with Gasteiger partial charge in [0.15, 0.2) is 11.2 Å². The molecule has 2 aromatic heterocycles. The van der Waals surface area contributed by atoms with Gasteiger partial charge in [-0.05, 0) is 12.5 Å². The molecule has 1 aromatic carbocycles. The first-order valence-electron chi connectivity index (χ1n) is 7.90. The standard InChI is InChI=1S/C17H21N5O2/c1-12(13-7-5-4-6-8-13)18-9-10-22-16(23)14-15(19-11-20(14)2)21(3)17(22)24/h4-8,11-12,18H,9-10H2,1-3H3/t12-/m0/s1. The smallest absolute Gasteiger partial charge is 0.328 e. The highest BCUT2D eigenvalue weighted by atomic mass is 16.2. The molecular formula is C17H21N5O2. The van der Waals surface area contributed by atoms with Crippen LogP contribution < -0.4 is 16.6 Å². The molecule has 3 aromatic rings. The van der Waals surface area contributed by atoms with Gasteiger partial charge in [-0.25, -0.2) is 9.78 Å². The summed E-state index contributed by atoms with van der Waals surface area (Å²) in [6.07, 6.45) is 1.55. The van der Waals surface area contributed by atoms with Crippen molar-refractivity contribution < 1.29 is 0 Å². The highest BCUT2D eigenvalue weighted by Gasteiger charge is 2.14. The van der Waals surface area contributed by atoms with Gasteiger partial charge in [-0.2, -0.15) is 0 Å². The summed E-state index contributed by atoms with van der Waals surface area (Å²) in [6.45, 7) is 2.89. The Labute approximate surface area is 139 Å². The maximum absolute atomic E-state index is 12.6. The van der Waals surface area contributed by atoms with Crippen LogP contribution in [0.15, 0.2) is 46.2 Å². The van der Waals surface area contributed by atoms with E-state index in [1.165, 1.54) is 14.7 Å². The fourth-order valence-electron chi connectivity index (χ4n) is 2.85. The summed E-state index contributed by atoms with van der Waals surface area (Å²) in [7, 11) is 3.38. The molecule has 0 saturated carbocycles. The van der Waals surface area contributed by atoms with E-state index in [0.717, 1.165) is 0 Å². The fourth-order valence-corrected chi connectivity index (χ4v) is 2.85. The van der Waals surface area contributed by atoms with E-state index in [4.69, 9.17) is 0 Å². The van der Waals surface area contributed by atoms with Crippen LogP contribution in [0.4, 0.5) is 0 Å². The van der Waals surface area contributed by atoms with Gasteiger partial charge in [0.1, 0.15) is 0 Å². The highest BCUT2D eigenvalue weighted by Crippen LogP contribution is 2.10. The number of nitrogens with one attached hydrogen (secondary N) is 1. The molecule has 7 heteroatoms. The number of benzene rings is 1. The predicted octanol–water partition coefficient (Wildman–Crippen LogP) is 0.785. The van der Waals surface area contributed by atoms with Gasteiger partial charge in [-0.3, -0.25) is 13.9 Å². The average molecular weight is 327 g/mol. The molecular weight excluding hydrogens is 306 g/mol. The molecule has 3 rings (SSSR count). The molecule has 1 atom stereocenters. The lowest BCUT2D eigenvalue weighted by molar-refractivity contribution is 0.507. The average Bonchev–Trinajstić information content (AvgIpc) is 2.98. The SMILES string of the molecule is C[C@H](NCCn1c(=O)c2c(ncn2C)n(C)c1=O)c1ccccc1. The van der Waals surface area contributed by atoms with Gasteiger partial charge in [0, 0.05) is 33.2 Å². The Morgan fingerprint density at radius 1 is 1.17 bits per heavy atom. The normalized spacial score (nSPS) is 12.6. The van der Waals surface area contributed by atoms with Crippen molar-refractivity contribution in [3.8, 4) is 0 Å². The first-order chi connectivity index (χ1) is 11.5. The van der Waals surface area contributed by atoms with Gasteiger partial charge in [-0.15, -0.1) is 0 Å². The number of fused-ring (bicyclic) bond motifs is 1. The third-order valence-corrected chi connectivity index (χ3v) is 4.29. The first kappa shape index (κ1) is 16.2. The minimum Gasteiger partial charge on any atom is -0.328 e. The molecule has 0 fully saturated rings. The summed E-state index contributed by atoms with van der Waals surface area (Å²) in [5.41, 5.74) is 1.37. The molecule has 0 aliphatic heterocycles. The van der Waals surface area contributed by atoms with Gasteiger partial charge >= 0.3 is 5.69 Å². The van der Waals surface area contributed by atoms with Crippen molar-refractivity contribution in [1.29, 1.82) is 0 Å². The summed E-state index contributed by atoms with van der Waals surface area (Å²) >= 11 is 0. The molecule has 0 saturated heterocycles. The van der Waals surface area contributed by atoms with Crippen LogP contribution >= 0.6 is 0 Å². The number of rotatable bonds is 5. The van der Waals surface area contributed by atoms with Gasteiger partial charge in [0.25, 0.3) is 5.56 Å². The van der Waals surface area contributed by atoms with Gasteiger partial charge in [0.2, 0.25) is 0 Å². The predicted molar refractivity (Wildman–Crippen MR) is 93.1 cm³/mol. The van der Waals surface area contributed by atoms with E-state index < -0.39 is 0 Å². The first-order valence-corrected chi connectivity index (χ1v) is 7.90. The second kappa shape index (κ2) is 6.45. The van der Waals surface area contributed by atoms with Crippen molar-refractivity contribution in [3.05, 3.63) is 63.1 Å². The molecule has 0 aliphatic rings. The van der Waals surface area contributed by atoms with E-state index in [2.05, 4.69) is 17.2 Å². The van der Waals surface area contributed by atoms with E-state index in [0.29, 0.717) is 24.3 Å². The Balaban J connectivity index is 1.82. The Kier molecular flexibility index (Phi) is 4.35. The molecule has 0 aliphatic carbocycles. The Morgan fingerprint density at radius 3 is 2.58 bits per heavy atom. The maximum atomic E-state index is 12.6. The zero-order chi connectivity index (χ0) is 17.3. The Hall–Kier alpha value is -2.67. The Bertz CT molecular complexity index is 968. The second-order valence-electron chi connectivity index (χ2n) is 5.91. The topological polar surface area (TPSA) is 73.8 Å². The molecule has 126 valence electrons. The summed E-state index contributed by atoms with van der Waals surface area (Å²) < 4.78 is 4.32. The van der Waals surface area contributed by atoms with Gasteiger partial charge in [-0.1, -0.05) is 30.3 Å². The number of imidazole rings is 1. The molecule has 1 N–H and O–H groups in total. The van der Waals surface area contributed by atoms with Crippen LogP contribution in [-0.2, 0) is 20.6 Å². The number of aryl methyl sites for hydroxylation is 2. The van der Waals surface area contributed by atoms with E-state index in [-0.39, 0.29) is 17.3 Å². The van der Waals surface area contributed by atoms with Gasteiger partial charge in [0.05, 0.1) is 6.33 Å². The fraction of sp³-hybridized carbons (Fsp3) is 0.353. The molecule has 0 amide bonds. The van der Waals surface area contributed by atoms with Crippen molar-refractivity contribution >= 4 is 11.2 Å². The van der Waals surface area contributed by atoms with E-state index in [1.54, 1.807) is 25.0 Å². The number of hydrogen-bond donors (Lipinski definition) is 1. The zero-order valence-electron chi connectivity index (χ0n) is 14.1. The number of nitrogens with zero attached hydrogens (tertiary/aromatic N) is 4. The zero-order valence-corrected chi connectivity index (χ0v) is 14.1. The summed E-state index contributed by atoms with van der Waals surface area (Å²) in [6, 6.07) is 10.2.